The molecule has 0 spiro atoms. The van der Waals surface area contributed by atoms with Gasteiger partial charge in [0.25, 0.3) is 0 Å². The molecule has 0 saturated carbocycles. The molecule has 1 unspecified atom stereocenters. The Morgan fingerprint density at radius 3 is 2.00 bits per heavy atom. The van der Waals surface area contributed by atoms with Crippen molar-refractivity contribution in [3.63, 3.8) is 0 Å². The van der Waals surface area contributed by atoms with Gasteiger partial charge in [0, 0.05) is 0 Å². The Morgan fingerprint density at radius 2 is 1.70 bits per heavy atom. The molecule has 0 fully saturated rings. The van der Waals surface area contributed by atoms with E-state index < -0.39 is 7.26 Å². The normalized spacial score (nSPS) is 16.9. The number of hydrogen-bond donors (Lipinski definition) is 0. The average Bonchev–Trinajstić information content (AvgIpc) is 1.59. The quantitative estimate of drug-likeness (QED) is 0.557. The number of hydrogen-bond acceptors (Lipinski definition) is 0. The third-order valence-electron chi connectivity index (χ3n) is 1.74. The first-order valence-electron chi connectivity index (χ1n) is 4.45. The third-order valence-corrected chi connectivity index (χ3v) is 3.66. The molecule has 64 valence electrons. The van der Waals surface area contributed by atoms with Gasteiger partial charge in [0.1, 0.15) is 0 Å². The molecule has 0 rings (SSSR count). The van der Waals surface area contributed by atoms with Gasteiger partial charge in [0.15, 0.2) is 0 Å². The zero-order chi connectivity index (χ0) is 8.20. The molecule has 0 aromatic carbocycles. The average molecular weight is 162 g/mol. The van der Waals surface area contributed by atoms with E-state index in [0.29, 0.717) is 0 Å². The molecule has 0 saturated heterocycles. The molecule has 1 heteroatoms. The van der Waals surface area contributed by atoms with Crippen molar-refractivity contribution in [2.45, 2.75) is 26.7 Å². The maximum atomic E-state index is 2.46. The van der Waals surface area contributed by atoms with E-state index in [1.54, 1.807) is 0 Å². The summed E-state index contributed by atoms with van der Waals surface area (Å²) < 4.78 is 0. The van der Waals surface area contributed by atoms with Gasteiger partial charge in [-0.05, 0) is 0 Å². The summed E-state index contributed by atoms with van der Waals surface area (Å²) in [6.07, 6.45) is 4.27. The number of rotatable bonds is 4. The Kier molecular flexibility index (Phi) is 4.52. The molecular formula is C9H23P. The summed E-state index contributed by atoms with van der Waals surface area (Å²) in [5.41, 5.74) is 0. The van der Waals surface area contributed by atoms with Crippen molar-refractivity contribution in [1.82, 2.24) is 0 Å². The molecule has 0 heterocycles. The van der Waals surface area contributed by atoms with E-state index in [1.165, 1.54) is 19.0 Å². The van der Waals surface area contributed by atoms with Crippen LogP contribution in [0.2, 0.25) is 0 Å². The van der Waals surface area contributed by atoms with Crippen LogP contribution in [-0.2, 0) is 0 Å². The molecule has 0 aliphatic carbocycles. The van der Waals surface area contributed by atoms with Crippen molar-refractivity contribution >= 4 is 7.26 Å². The van der Waals surface area contributed by atoms with Crippen LogP contribution in [0.15, 0.2) is 0 Å². The summed E-state index contributed by atoms with van der Waals surface area (Å²) in [4.78, 5) is 0. The second-order valence-corrected chi connectivity index (χ2v) is 10.2. The Bertz CT molecular complexity index is 81.2. The fourth-order valence-electron chi connectivity index (χ4n) is 1.64. The summed E-state index contributed by atoms with van der Waals surface area (Å²) in [5, 5.41) is 0. The van der Waals surface area contributed by atoms with Crippen LogP contribution >= 0.6 is 7.26 Å². The second kappa shape index (κ2) is 4.34. The van der Waals surface area contributed by atoms with Crippen molar-refractivity contribution in [2.75, 3.05) is 26.2 Å². The fourth-order valence-corrected chi connectivity index (χ4v) is 3.94. The van der Waals surface area contributed by atoms with Crippen LogP contribution in [0.1, 0.15) is 26.7 Å². The molecule has 0 bridgehead atoms. The summed E-state index contributed by atoms with van der Waals surface area (Å²) in [5.74, 6) is 0.969. The van der Waals surface area contributed by atoms with Gasteiger partial charge in [0.05, 0.1) is 0 Å². The van der Waals surface area contributed by atoms with Crippen molar-refractivity contribution in [2.24, 2.45) is 5.92 Å². The van der Waals surface area contributed by atoms with Crippen molar-refractivity contribution in [3.8, 4) is 0 Å². The van der Waals surface area contributed by atoms with E-state index in [9.17, 15) is 0 Å². The molecule has 0 aliphatic rings. The van der Waals surface area contributed by atoms with Gasteiger partial charge in [-0.2, -0.15) is 0 Å². The SMILES string of the molecule is CCCC(C)C[PH](C)(C)C. The van der Waals surface area contributed by atoms with Gasteiger partial charge < -0.3 is 0 Å². The molecule has 0 aliphatic heterocycles. The molecule has 0 N–H and O–H groups in total. The molecule has 10 heavy (non-hydrogen) atoms. The first kappa shape index (κ1) is 10.4. The van der Waals surface area contributed by atoms with Gasteiger partial charge in [0.2, 0.25) is 0 Å². The van der Waals surface area contributed by atoms with Crippen molar-refractivity contribution in [3.05, 3.63) is 0 Å². The predicted octanol–water partition coefficient (Wildman–Crippen LogP) is 3.06. The van der Waals surface area contributed by atoms with Crippen LogP contribution in [0.3, 0.4) is 0 Å². The first-order chi connectivity index (χ1) is 4.45. The summed E-state index contributed by atoms with van der Waals surface area (Å²) in [7, 11) is -0.758. The predicted molar refractivity (Wildman–Crippen MR) is 55.0 cm³/mol. The van der Waals surface area contributed by atoms with Crippen LogP contribution in [0, 0.1) is 5.92 Å². The summed E-state index contributed by atoms with van der Waals surface area (Å²) in [6.45, 7) is 12.0. The van der Waals surface area contributed by atoms with E-state index >= 15 is 0 Å². The zero-order valence-corrected chi connectivity index (χ0v) is 9.20. The first-order valence-corrected chi connectivity index (χ1v) is 8.16. The molecule has 0 nitrogen and oxygen atoms in total. The van der Waals surface area contributed by atoms with Crippen LogP contribution in [0.25, 0.3) is 0 Å². The van der Waals surface area contributed by atoms with Crippen LogP contribution in [-0.4, -0.2) is 26.2 Å². The van der Waals surface area contributed by atoms with Gasteiger partial charge in [-0.1, -0.05) is 0 Å². The zero-order valence-electron chi connectivity index (χ0n) is 8.20. The van der Waals surface area contributed by atoms with E-state index in [-0.39, 0.29) is 0 Å². The Labute approximate surface area is 66.7 Å². The standard InChI is InChI=1S/C9H23P/c1-6-7-9(2)8-10(3,4)5/h9-10H,6-8H2,1-5H3. The van der Waals surface area contributed by atoms with Gasteiger partial charge in [-0.15, -0.1) is 0 Å². The van der Waals surface area contributed by atoms with Gasteiger partial charge >= 0.3 is 66.0 Å². The third kappa shape index (κ3) is 6.55. The van der Waals surface area contributed by atoms with Gasteiger partial charge in [-0.3, -0.25) is 0 Å². The van der Waals surface area contributed by atoms with Gasteiger partial charge in [-0.25, -0.2) is 0 Å². The molecule has 0 aromatic heterocycles. The minimum absolute atomic E-state index is 0.758. The Morgan fingerprint density at radius 1 is 1.20 bits per heavy atom. The molecule has 0 aromatic rings. The van der Waals surface area contributed by atoms with Crippen LogP contribution < -0.4 is 0 Å². The Balaban J connectivity index is 3.47. The molecule has 1 atom stereocenters. The van der Waals surface area contributed by atoms with Crippen molar-refractivity contribution in [1.29, 1.82) is 0 Å². The van der Waals surface area contributed by atoms with E-state index in [4.69, 9.17) is 0 Å². The Hall–Kier alpha value is 0.430. The monoisotopic (exact) mass is 162 g/mol. The second-order valence-electron chi connectivity index (χ2n) is 4.66. The maximum absolute atomic E-state index is 2.46. The van der Waals surface area contributed by atoms with E-state index in [0.717, 1.165) is 5.92 Å². The minimum atomic E-state index is -0.758. The topological polar surface area (TPSA) is 0 Å². The van der Waals surface area contributed by atoms with E-state index in [1.807, 2.05) is 0 Å². The molecule has 0 radical (unpaired) electrons. The molecular weight excluding hydrogens is 139 g/mol. The van der Waals surface area contributed by atoms with Crippen LogP contribution in [0.5, 0.6) is 0 Å². The van der Waals surface area contributed by atoms with E-state index in [2.05, 4.69) is 33.8 Å². The summed E-state index contributed by atoms with van der Waals surface area (Å²) >= 11 is 0. The fraction of sp³-hybridized carbons (Fsp3) is 1.00. The van der Waals surface area contributed by atoms with Crippen LogP contribution in [0.4, 0.5) is 0 Å². The van der Waals surface area contributed by atoms with Crippen molar-refractivity contribution < 1.29 is 0 Å². The molecule has 0 amide bonds. The summed E-state index contributed by atoms with van der Waals surface area (Å²) in [6, 6.07) is 0.